The standard InChI is InChI=1S/C29H25N5/c1-2-20-13-24(5-8-26(20)30-11-1)29(9-10-29)27-15-32-28-31-14-23(18-34(27)28)19-3-4-21-16-33(25-6-7-25)17-22(21)12-19/h1-5,8,11-15,18,25H,6-7,9-10,16-17H2. The van der Waals surface area contributed by atoms with E-state index in [1.54, 1.807) is 0 Å². The van der Waals surface area contributed by atoms with Crippen LogP contribution in [0.25, 0.3) is 27.8 Å². The van der Waals surface area contributed by atoms with Crippen LogP contribution in [0.5, 0.6) is 0 Å². The van der Waals surface area contributed by atoms with E-state index in [4.69, 9.17) is 4.98 Å². The summed E-state index contributed by atoms with van der Waals surface area (Å²) in [6.07, 6.45) is 13.1. The molecular weight excluding hydrogens is 418 g/mol. The monoisotopic (exact) mass is 443 g/mol. The van der Waals surface area contributed by atoms with Crippen molar-refractivity contribution in [1.29, 1.82) is 0 Å². The van der Waals surface area contributed by atoms with Crippen LogP contribution in [0.15, 0.2) is 73.3 Å². The topological polar surface area (TPSA) is 46.3 Å². The number of benzene rings is 2. The maximum atomic E-state index is 4.74. The average Bonchev–Trinajstić information content (AvgIpc) is 3.81. The first-order valence-electron chi connectivity index (χ1n) is 12.3. The summed E-state index contributed by atoms with van der Waals surface area (Å²) in [7, 11) is 0. The third kappa shape index (κ3) is 2.80. The van der Waals surface area contributed by atoms with Crippen molar-refractivity contribution >= 4 is 16.7 Å². The zero-order valence-electron chi connectivity index (χ0n) is 19.0. The van der Waals surface area contributed by atoms with Gasteiger partial charge in [-0.05, 0) is 72.2 Å². The van der Waals surface area contributed by atoms with Crippen LogP contribution >= 0.6 is 0 Å². The minimum Gasteiger partial charge on any atom is -0.292 e. The SMILES string of the molecule is c1cnc2ccc(C3(c4cnc5ncc(-c6ccc7c(c6)CN(C6CC6)C7)cn45)CC3)cc2c1. The number of hydrogen-bond donors (Lipinski definition) is 0. The first kappa shape index (κ1) is 18.8. The second kappa shape index (κ2) is 6.73. The lowest BCUT2D eigenvalue weighted by Gasteiger charge is -2.17. The molecule has 0 amide bonds. The van der Waals surface area contributed by atoms with Crippen molar-refractivity contribution in [1.82, 2.24) is 24.3 Å². The number of nitrogens with zero attached hydrogens (tertiary/aromatic N) is 5. The predicted molar refractivity (Wildman–Crippen MR) is 132 cm³/mol. The lowest BCUT2D eigenvalue weighted by atomic mass is 9.91. The van der Waals surface area contributed by atoms with Gasteiger partial charge < -0.3 is 0 Å². The van der Waals surface area contributed by atoms with Crippen molar-refractivity contribution in [2.75, 3.05) is 0 Å². The molecule has 3 aromatic heterocycles. The van der Waals surface area contributed by atoms with Gasteiger partial charge in [-0.1, -0.05) is 24.3 Å². The third-order valence-electron chi connectivity index (χ3n) is 8.11. The van der Waals surface area contributed by atoms with Crippen LogP contribution < -0.4 is 0 Å². The summed E-state index contributed by atoms with van der Waals surface area (Å²) in [5.74, 6) is 0.772. The second-order valence-corrected chi connectivity index (χ2v) is 10.3. The van der Waals surface area contributed by atoms with E-state index in [9.17, 15) is 0 Å². The first-order chi connectivity index (χ1) is 16.8. The summed E-state index contributed by atoms with van der Waals surface area (Å²) in [5.41, 5.74) is 8.98. The van der Waals surface area contributed by atoms with Gasteiger partial charge in [-0.25, -0.2) is 9.97 Å². The number of pyridine rings is 1. The Morgan fingerprint density at radius 3 is 2.59 bits per heavy atom. The Morgan fingerprint density at radius 2 is 1.71 bits per heavy atom. The van der Waals surface area contributed by atoms with Gasteiger partial charge in [-0.15, -0.1) is 0 Å². The van der Waals surface area contributed by atoms with Gasteiger partial charge in [0.1, 0.15) is 0 Å². The molecule has 2 saturated carbocycles. The van der Waals surface area contributed by atoms with Crippen molar-refractivity contribution in [3.8, 4) is 11.1 Å². The molecule has 3 aliphatic rings. The normalized spacial score (nSPS) is 19.1. The van der Waals surface area contributed by atoms with Gasteiger partial charge in [-0.2, -0.15) is 0 Å². The molecular formula is C29H25N5. The van der Waals surface area contributed by atoms with E-state index in [2.05, 4.69) is 67.9 Å². The van der Waals surface area contributed by atoms with Crippen molar-refractivity contribution in [3.05, 3.63) is 95.7 Å². The number of rotatable bonds is 4. The Kier molecular flexibility index (Phi) is 3.73. The Morgan fingerprint density at radius 1 is 0.824 bits per heavy atom. The largest absolute Gasteiger partial charge is 0.292 e. The Hall–Kier alpha value is -3.57. The number of imidazole rings is 1. The third-order valence-corrected chi connectivity index (χ3v) is 8.11. The van der Waals surface area contributed by atoms with E-state index in [0.29, 0.717) is 0 Å². The smallest absolute Gasteiger partial charge is 0.233 e. The van der Waals surface area contributed by atoms with E-state index < -0.39 is 0 Å². The number of hydrogen-bond acceptors (Lipinski definition) is 4. The van der Waals surface area contributed by atoms with Crippen molar-refractivity contribution in [2.45, 2.75) is 50.2 Å². The van der Waals surface area contributed by atoms with Gasteiger partial charge in [-0.3, -0.25) is 14.3 Å². The van der Waals surface area contributed by atoms with E-state index in [-0.39, 0.29) is 5.41 Å². The predicted octanol–water partition coefficient (Wildman–Crippen LogP) is 5.50. The molecule has 1 aliphatic heterocycles. The Balaban J connectivity index is 1.20. The van der Waals surface area contributed by atoms with Crippen molar-refractivity contribution < 1.29 is 0 Å². The zero-order valence-corrected chi connectivity index (χ0v) is 19.0. The fourth-order valence-electron chi connectivity index (χ4n) is 5.87. The molecule has 0 radical (unpaired) electrons. The van der Waals surface area contributed by atoms with Gasteiger partial charge in [0.25, 0.3) is 0 Å². The summed E-state index contributed by atoms with van der Waals surface area (Å²) in [6, 6.07) is 18.6. The molecule has 0 spiro atoms. The number of aromatic nitrogens is 4. The van der Waals surface area contributed by atoms with Crippen LogP contribution in [0.3, 0.4) is 0 Å². The lowest BCUT2D eigenvalue weighted by Crippen LogP contribution is -2.18. The molecule has 2 aliphatic carbocycles. The molecule has 34 heavy (non-hydrogen) atoms. The highest BCUT2D eigenvalue weighted by molar-refractivity contribution is 5.79. The maximum Gasteiger partial charge on any atom is 0.233 e. The summed E-state index contributed by atoms with van der Waals surface area (Å²) >= 11 is 0. The maximum absolute atomic E-state index is 4.74. The molecule has 0 atom stereocenters. The molecule has 4 heterocycles. The van der Waals surface area contributed by atoms with Crippen LogP contribution in [0, 0.1) is 0 Å². The molecule has 8 rings (SSSR count). The molecule has 2 fully saturated rings. The van der Waals surface area contributed by atoms with Gasteiger partial charge in [0.2, 0.25) is 5.78 Å². The minimum atomic E-state index is 0.00640. The van der Waals surface area contributed by atoms with E-state index in [0.717, 1.165) is 48.8 Å². The van der Waals surface area contributed by atoms with Crippen LogP contribution in [0.4, 0.5) is 0 Å². The molecule has 0 N–H and O–H groups in total. The second-order valence-electron chi connectivity index (χ2n) is 10.3. The molecule has 5 nitrogen and oxygen atoms in total. The summed E-state index contributed by atoms with van der Waals surface area (Å²) in [4.78, 5) is 16.5. The Bertz CT molecular complexity index is 1590. The lowest BCUT2D eigenvalue weighted by molar-refractivity contribution is 0.273. The van der Waals surface area contributed by atoms with Crippen LogP contribution in [0.2, 0.25) is 0 Å². The first-order valence-corrected chi connectivity index (χ1v) is 12.3. The summed E-state index contributed by atoms with van der Waals surface area (Å²) in [5, 5.41) is 1.19. The fourth-order valence-corrected chi connectivity index (χ4v) is 5.87. The molecule has 5 aromatic rings. The van der Waals surface area contributed by atoms with E-state index >= 15 is 0 Å². The van der Waals surface area contributed by atoms with Crippen molar-refractivity contribution in [2.24, 2.45) is 0 Å². The Labute approximate surface area is 198 Å². The fraction of sp³-hybridized carbons (Fsp3) is 0.276. The highest BCUT2D eigenvalue weighted by Crippen LogP contribution is 2.53. The molecule has 0 unspecified atom stereocenters. The molecule has 2 aromatic carbocycles. The quantitative estimate of drug-likeness (QED) is 0.368. The van der Waals surface area contributed by atoms with Crippen molar-refractivity contribution in [3.63, 3.8) is 0 Å². The number of fused-ring (bicyclic) bond motifs is 3. The highest BCUT2D eigenvalue weighted by atomic mass is 15.2. The highest BCUT2D eigenvalue weighted by Gasteiger charge is 2.48. The van der Waals surface area contributed by atoms with E-state index in [1.807, 2.05) is 24.7 Å². The molecule has 5 heteroatoms. The molecule has 0 saturated heterocycles. The van der Waals surface area contributed by atoms with Crippen LogP contribution in [0.1, 0.15) is 48.1 Å². The van der Waals surface area contributed by atoms with Gasteiger partial charge >= 0.3 is 0 Å². The summed E-state index contributed by atoms with van der Waals surface area (Å²) in [6.45, 7) is 2.19. The average molecular weight is 444 g/mol. The molecule has 0 bridgehead atoms. The van der Waals surface area contributed by atoms with Crippen LogP contribution in [-0.4, -0.2) is 30.3 Å². The minimum absolute atomic E-state index is 0.00640. The van der Waals surface area contributed by atoms with Gasteiger partial charge in [0, 0.05) is 54.1 Å². The zero-order chi connectivity index (χ0) is 22.3. The van der Waals surface area contributed by atoms with Crippen LogP contribution in [-0.2, 0) is 18.5 Å². The summed E-state index contributed by atoms with van der Waals surface area (Å²) < 4.78 is 2.22. The van der Waals surface area contributed by atoms with Gasteiger partial charge in [0.05, 0.1) is 17.4 Å². The molecule has 166 valence electrons. The van der Waals surface area contributed by atoms with Gasteiger partial charge in [0.15, 0.2) is 0 Å². The van der Waals surface area contributed by atoms with E-state index in [1.165, 1.54) is 46.2 Å².